The van der Waals surface area contributed by atoms with Crippen molar-refractivity contribution in [2.75, 3.05) is 19.0 Å². The molecule has 4 nitrogen and oxygen atoms in total. The predicted molar refractivity (Wildman–Crippen MR) is 103 cm³/mol. The normalized spacial score (nSPS) is 37.0. The van der Waals surface area contributed by atoms with Gasteiger partial charge in [0, 0.05) is 30.4 Å². The van der Waals surface area contributed by atoms with Crippen molar-refractivity contribution in [1.82, 2.24) is 10.2 Å². The van der Waals surface area contributed by atoms with Crippen LogP contribution in [0.15, 0.2) is 0 Å². The molecule has 0 spiro atoms. The van der Waals surface area contributed by atoms with E-state index in [4.69, 9.17) is 11.6 Å². The summed E-state index contributed by atoms with van der Waals surface area (Å²) in [5.41, 5.74) is -0.570. The van der Waals surface area contributed by atoms with Crippen molar-refractivity contribution >= 4 is 23.4 Å². The Balaban J connectivity index is 1.32. The lowest BCUT2D eigenvalue weighted by Crippen LogP contribution is -2.57. The van der Waals surface area contributed by atoms with Crippen molar-refractivity contribution in [3.63, 3.8) is 0 Å². The van der Waals surface area contributed by atoms with Gasteiger partial charge in [0.05, 0.1) is 5.41 Å². The van der Waals surface area contributed by atoms with Gasteiger partial charge in [0.15, 0.2) is 0 Å². The van der Waals surface area contributed by atoms with Gasteiger partial charge in [0.25, 0.3) is 0 Å². The fourth-order valence-electron chi connectivity index (χ4n) is 6.44. The van der Waals surface area contributed by atoms with Crippen LogP contribution in [0.1, 0.15) is 65.2 Å². The number of likely N-dealkylation sites (tertiary alicyclic amines) is 1. The maximum Gasteiger partial charge on any atom is 0.229 e. The number of nitrogens with zero attached hydrogens (tertiary/aromatic N) is 1. The Labute approximate surface area is 162 Å². The number of nitrogens with one attached hydrogen (secondary N) is 1. The van der Waals surface area contributed by atoms with Crippen molar-refractivity contribution in [3.05, 3.63) is 0 Å². The maximum atomic E-state index is 13.2. The second kappa shape index (κ2) is 6.68. The van der Waals surface area contributed by atoms with E-state index in [-0.39, 0.29) is 17.4 Å². The molecule has 4 saturated carbocycles. The standard InChI is InChI=1S/C21H33ClN2O2/c1-20(2,13-22)19(26)24-5-3-17(4-6-24)23-18(25)21-10-14-7-15(11-21)9-16(8-14)12-21/h14-17H,3-13H2,1-2H3,(H,23,25). The third kappa shape index (κ3) is 3.27. The third-order valence-corrected chi connectivity index (χ3v) is 8.22. The van der Waals surface area contributed by atoms with E-state index in [0.717, 1.165) is 62.9 Å². The van der Waals surface area contributed by atoms with E-state index in [9.17, 15) is 9.59 Å². The van der Waals surface area contributed by atoms with Gasteiger partial charge in [-0.1, -0.05) is 0 Å². The van der Waals surface area contributed by atoms with Crippen LogP contribution in [-0.4, -0.2) is 41.7 Å². The van der Waals surface area contributed by atoms with Crippen LogP contribution in [0.5, 0.6) is 0 Å². The second-order valence-electron chi connectivity index (χ2n) is 10.3. The monoisotopic (exact) mass is 380 g/mol. The van der Waals surface area contributed by atoms with Gasteiger partial charge in [-0.05, 0) is 83.0 Å². The highest BCUT2D eigenvalue weighted by Gasteiger charge is 2.54. The van der Waals surface area contributed by atoms with Crippen molar-refractivity contribution in [3.8, 4) is 0 Å². The number of hydrogen-bond acceptors (Lipinski definition) is 2. The minimum absolute atomic E-state index is 0.0671. The zero-order valence-electron chi connectivity index (χ0n) is 16.2. The minimum atomic E-state index is -0.503. The average molecular weight is 381 g/mol. The number of rotatable bonds is 4. The molecular weight excluding hydrogens is 348 g/mol. The highest BCUT2D eigenvalue weighted by Crippen LogP contribution is 2.60. The van der Waals surface area contributed by atoms with Gasteiger partial charge in [-0.15, -0.1) is 11.6 Å². The molecule has 4 bridgehead atoms. The van der Waals surface area contributed by atoms with E-state index in [1.54, 1.807) is 0 Å². The van der Waals surface area contributed by atoms with E-state index in [0.29, 0.717) is 11.8 Å². The first-order valence-corrected chi connectivity index (χ1v) is 11.0. The zero-order chi connectivity index (χ0) is 18.5. The molecule has 0 atom stereocenters. The molecule has 0 aromatic carbocycles. The van der Waals surface area contributed by atoms with Gasteiger partial charge in [-0.25, -0.2) is 0 Å². The van der Waals surface area contributed by atoms with Gasteiger partial charge < -0.3 is 10.2 Å². The third-order valence-electron chi connectivity index (χ3n) is 7.55. The van der Waals surface area contributed by atoms with Crippen LogP contribution in [0.25, 0.3) is 0 Å². The van der Waals surface area contributed by atoms with Gasteiger partial charge in [0.1, 0.15) is 0 Å². The number of carbonyl (C=O) groups excluding carboxylic acids is 2. The number of halogens is 1. The predicted octanol–water partition coefficient (Wildman–Crippen LogP) is 3.58. The Bertz CT molecular complexity index is 545. The van der Waals surface area contributed by atoms with Gasteiger partial charge in [-0.2, -0.15) is 0 Å². The molecule has 1 heterocycles. The lowest BCUT2D eigenvalue weighted by atomic mass is 9.49. The summed E-state index contributed by atoms with van der Waals surface area (Å²) in [5.74, 6) is 3.19. The highest BCUT2D eigenvalue weighted by atomic mass is 35.5. The Morgan fingerprint density at radius 2 is 1.54 bits per heavy atom. The molecule has 0 aromatic heterocycles. The van der Waals surface area contributed by atoms with Gasteiger partial charge >= 0.3 is 0 Å². The minimum Gasteiger partial charge on any atom is -0.353 e. The maximum absolute atomic E-state index is 13.2. The topological polar surface area (TPSA) is 49.4 Å². The molecule has 5 aliphatic rings. The lowest BCUT2D eigenvalue weighted by molar-refractivity contribution is -0.147. The first-order valence-electron chi connectivity index (χ1n) is 10.5. The van der Waals surface area contributed by atoms with Crippen molar-refractivity contribution < 1.29 is 9.59 Å². The molecule has 1 aliphatic heterocycles. The van der Waals surface area contributed by atoms with Gasteiger partial charge in [-0.3, -0.25) is 9.59 Å². The molecule has 26 heavy (non-hydrogen) atoms. The Morgan fingerprint density at radius 1 is 1.04 bits per heavy atom. The molecule has 0 aromatic rings. The van der Waals surface area contributed by atoms with Crippen molar-refractivity contribution in [1.29, 1.82) is 0 Å². The van der Waals surface area contributed by atoms with Crippen LogP contribution < -0.4 is 5.32 Å². The van der Waals surface area contributed by atoms with E-state index in [2.05, 4.69) is 5.32 Å². The molecule has 0 unspecified atom stereocenters. The number of alkyl halides is 1. The fourth-order valence-corrected chi connectivity index (χ4v) is 6.55. The summed E-state index contributed by atoms with van der Waals surface area (Å²) in [6.07, 6.45) is 9.17. The first-order chi connectivity index (χ1) is 12.3. The number of piperidine rings is 1. The summed E-state index contributed by atoms with van der Waals surface area (Å²) < 4.78 is 0. The van der Waals surface area contributed by atoms with E-state index in [1.807, 2.05) is 18.7 Å². The molecule has 1 saturated heterocycles. The van der Waals surface area contributed by atoms with E-state index < -0.39 is 5.41 Å². The first kappa shape index (κ1) is 18.6. The SMILES string of the molecule is CC(C)(CCl)C(=O)N1CCC(NC(=O)C23CC4CC(CC(C4)C2)C3)CC1. The largest absolute Gasteiger partial charge is 0.353 e. The molecule has 5 heteroatoms. The average Bonchev–Trinajstić information content (AvgIpc) is 2.60. The highest BCUT2D eigenvalue weighted by molar-refractivity contribution is 6.19. The van der Waals surface area contributed by atoms with Crippen molar-refractivity contribution in [2.45, 2.75) is 71.3 Å². The molecule has 0 radical (unpaired) electrons. The summed E-state index contributed by atoms with van der Waals surface area (Å²) in [7, 11) is 0. The summed E-state index contributed by atoms with van der Waals surface area (Å²) in [4.78, 5) is 27.7. The summed E-state index contributed by atoms with van der Waals surface area (Å²) in [6, 6.07) is 0.221. The molecule has 5 fully saturated rings. The molecular formula is C21H33ClN2O2. The van der Waals surface area contributed by atoms with E-state index in [1.165, 1.54) is 19.3 Å². The number of amides is 2. The van der Waals surface area contributed by atoms with Crippen molar-refractivity contribution in [2.24, 2.45) is 28.6 Å². The van der Waals surface area contributed by atoms with Crippen LogP contribution in [0.2, 0.25) is 0 Å². The van der Waals surface area contributed by atoms with Crippen LogP contribution in [0, 0.1) is 28.6 Å². The van der Waals surface area contributed by atoms with Crippen LogP contribution >= 0.6 is 11.6 Å². The second-order valence-corrected chi connectivity index (χ2v) is 10.5. The Hall–Kier alpha value is -0.770. The Kier molecular flexibility index (Phi) is 4.78. The number of carbonyl (C=O) groups is 2. The lowest BCUT2D eigenvalue weighted by Gasteiger charge is -2.56. The quantitative estimate of drug-likeness (QED) is 0.758. The van der Waals surface area contributed by atoms with E-state index >= 15 is 0 Å². The molecule has 146 valence electrons. The molecule has 2 amide bonds. The summed E-state index contributed by atoms with van der Waals surface area (Å²) >= 11 is 5.95. The Morgan fingerprint density at radius 3 is 2.00 bits per heavy atom. The van der Waals surface area contributed by atoms with Crippen LogP contribution in [0.3, 0.4) is 0 Å². The fraction of sp³-hybridized carbons (Fsp3) is 0.905. The summed E-state index contributed by atoms with van der Waals surface area (Å²) in [6.45, 7) is 5.27. The van der Waals surface area contributed by atoms with Crippen LogP contribution in [-0.2, 0) is 9.59 Å². The smallest absolute Gasteiger partial charge is 0.229 e. The molecule has 1 N–H and O–H groups in total. The zero-order valence-corrected chi connectivity index (χ0v) is 17.0. The van der Waals surface area contributed by atoms with Crippen LogP contribution in [0.4, 0.5) is 0 Å². The number of hydrogen-bond donors (Lipinski definition) is 1. The molecule has 4 aliphatic carbocycles. The summed E-state index contributed by atoms with van der Waals surface area (Å²) in [5, 5.41) is 3.39. The van der Waals surface area contributed by atoms with Gasteiger partial charge in [0.2, 0.25) is 11.8 Å². The molecule has 5 rings (SSSR count).